The van der Waals surface area contributed by atoms with Gasteiger partial charge in [0.15, 0.2) is 0 Å². The lowest BCUT2D eigenvalue weighted by Crippen LogP contribution is -2.07. The lowest BCUT2D eigenvalue weighted by molar-refractivity contribution is 0.140. The number of hydrogen-bond acceptors (Lipinski definition) is 1. The molecule has 1 aromatic carbocycles. The third-order valence-corrected chi connectivity index (χ3v) is 3.70. The molecule has 2 rings (SSSR count). The van der Waals surface area contributed by atoms with Gasteiger partial charge in [-0.3, -0.25) is 0 Å². The summed E-state index contributed by atoms with van der Waals surface area (Å²) in [7, 11) is 0. The zero-order valence-electron chi connectivity index (χ0n) is 7.76. The van der Waals surface area contributed by atoms with Gasteiger partial charge in [0.05, 0.1) is 5.60 Å². The second kappa shape index (κ2) is 3.84. The highest BCUT2D eigenvalue weighted by atomic mass is 79.9. The molecule has 0 bridgehead atoms. The van der Waals surface area contributed by atoms with E-state index in [-0.39, 0.29) is 5.60 Å². The highest BCUT2D eigenvalue weighted by Crippen LogP contribution is 2.39. The van der Waals surface area contributed by atoms with E-state index in [1.165, 1.54) is 5.56 Å². The van der Waals surface area contributed by atoms with Gasteiger partial charge in [0.2, 0.25) is 0 Å². The lowest BCUT2D eigenvalue weighted by atomic mass is 10.1. The van der Waals surface area contributed by atoms with Crippen LogP contribution in [0.5, 0.6) is 0 Å². The van der Waals surface area contributed by atoms with Crippen molar-refractivity contribution in [3.05, 3.63) is 33.3 Å². The van der Waals surface area contributed by atoms with Crippen molar-refractivity contribution in [2.24, 2.45) is 0 Å². The van der Waals surface area contributed by atoms with Crippen LogP contribution in [0.3, 0.4) is 0 Å². The average molecular weight is 276 g/mol. The van der Waals surface area contributed by atoms with E-state index in [2.05, 4.69) is 15.9 Å². The van der Waals surface area contributed by atoms with Gasteiger partial charge in [-0.05, 0) is 49.4 Å². The van der Waals surface area contributed by atoms with Gasteiger partial charge in [0.1, 0.15) is 0 Å². The van der Waals surface area contributed by atoms with E-state index in [0.717, 1.165) is 35.2 Å². The maximum atomic E-state index is 9.70. The molecule has 0 heterocycles. The van der Waals surface area contributed by atoms with Crippen molar-refractivity contribution >= 4 is 27.5 Å². The molecule has 0 amide bonds. The Morgan fingerprint density at radius 2 is 2.14 bits per heavy atom. The number of halogens is 2. The fraction of sp³-hybridized carbons (Fsp3) is 0.455. The number of rotatable bonds is 3. The standard InChI is InChI=1S/C11H12BrClO/c12-10-2-1-9(13)7-8(10)3-4-11(14)5-6-11/h1-2,7,14H,3-6H2. The minimum atomic E-state index is -0.373. The summed E-state index contributed by atoms with van der Waals surface area (Å²) in [5, 5.41) is 10.5. The van der Waals surface area contributed by atoms with Crippen molar-refractivity contribution in [1.82, 2.24) is 0 Å². The molecule has 1 aliphatic carbocycles. The van der Waals surface area contributed by atoms with Crippen LogP contribution in [0.1, 0.15) is 24.8 Å². The van der Waals surface area contributed by atoms with Crippen molar-refractivity contribution in [3.8, 4) is 0 Å². The van der Waals surface area contributed by atoms with E-state index in [4.69, 9.17) is 11.6 Å². The maximum Gasteiger partial charge on any atom is 0.0653 e. The molecule has 1 aromatic rings. The van der Waals surface area contributed by atoms with Crippen molar-refractivity contribution in [2.75, 3.05) is 0 Å². The van der Waals surface area contributed by atoms with Crippen LogP contribution in [0.15, 0.2) is 22.7 Å². The van der Waals surface area contributed by atoms with Gasteiger partial charge in [-0.1, -0.05) is 27.5 Å². The first-order chi connectivity index (χ1) is 6.59. The molecule has 1 nitrogen and oxygen atoms in total. The van der Waals surface area contributed by atoms with Crippen LogP contribution in [0.25, 0.3) is 0 Å². The van der Waals surface area contributed by atoms with Gasteiger partial charge in [0, 0.05) is 9.50 Å². The zero-order valence-corrected chi connectivity index (χ0v) is 10.1. The molecule has 0 spiro atoms. The first-order valence-electron chi connectivity index (χ1n) is 4.75. The van der Waals surface area contributed by atoms with Gasteiger partial charge >= 0.3 is 0 Å². The first-order valence-corrected chi connectivity index (χ1v) is 5.92. The van der Waals surface area contributed by atoms with Crippen molar-refractivity contribution in [2.45, 2.75) is 31.3 Å². The number of aryl methyl sites for hydroxylation is 1. The molecule has 76 valence electrons. The van der Waals surface area contributed by atoms with Gasteiger partial charge in [0.25, 0.3) is 0 Å². The number of benzene rings is 1. The Labute approximate surface area is 97.2 Å². The van der Waals surface area contributed by atoms with E-state index in [0.29, 0.717) is 0 Å². The molecule has 1 aliphatic rings. The van der Waals surface area contributed by atoms with Crippen molar-refractivity contribution in [1.29, 1.82) is 0 Å². The number of hydrogen-bond donors (Lipinski definition) is 1. The predicted molar refractivity (Wildman–Crippen MR) is 61.7 cm³/mol. The minimum Gasteiger partial charge on any atom is -0.390 e. The Morgan fingerprint density at radius 3 is 2.79 bits per heavy atom. The predicted octanol–water partition coefficient (Wildman–Crippen LogP) is 3.56. The normalized spacial score (nSPS) is 18.2. The average Bonchev–Trinajstić information content (AvgIpc) is 2.87. The van der Waals surface area contributed by atoms with Crippen LogP contribution in [0, 0.1) is 0 Å². The third kappa shape index (κ3) is 2.50. The Kier molecular flexibility index (Phi) is 2.87. The van der Waals surface area contributed by atoms with Crippen LogP contribution in [-0.2, 0) is 6.42 Å². The third-order valence-electron chi connectivity index (χ3n) is 2.69. The summed E-state index contributed by atoms with van der Waals surface area (Å²) in [5.74, 6) is 0. The van der Waals surface area contributed by atoms with Gasteiger partial charge < -0.3 is 5.11 Å². The van der Waals surface area contributed by atoms with E-state index < -0.39 is 0 Å². The second-order valence-electron chi connectivity index (χ2n) is 3.96. The zero-order chi connectivity index (χ0) is 10.2. The van der Waals surface area contributed by atoms with Crippen LogP contribution in [0.2, 0.25) is 5.02 Å². The summed E-state index contributed by atoms with van der Waals surface area (Å²) in [4.78, 5) is 0. The smallest absolute Gasteiger partial charge is 0.0653 e. The van der Waals surface area contributed by atoms with Crippen molar-refractivity contribution in [3.63, 3.8) is 0 Å². The van der Waals surface area contributed by atoms with E-state index in [1.807, 2.05) is 18.2 Å². The molecule has 0 unspecified atom stereocenters. The lowest BCUT2D eigenvalue weighted by Gasteiger charge is -2.08. The number of aliphatic hydroxyl groups is 1. The van der Waals surface area contributed by atoms with Gasteiger partial charge in [-0.15, -0.1) is 0 Å². The second-order valence-corrected chi connectivity index (χ2v) is 5.25. The van der Waals surface area contributed by atoms with Crippen LogP contribution in [-0.4, -0.2) is 10.7 Å². The fourth-order valence-corrected chi connectivity index (χ4v) is 2.14. The molecule has 14 heavy (non-hydrogen) atoms. The molecular weight excluding hydrogens is 263 g/mol. The summed E-state index contributed by atoms with van der Waals surface area (Å²) in [6, 6.07) is 5.77. The summed E-state index contributed by atoms with van der Waals surface area (Å²) in [6.07, 6.45) is 3.62. The molecule has 0 aromatic heterocycles. The van der Waals surface area contributed by atoms with Crippen molar-refractivity contribution < 1.29 is 5.11 Å². The first kappa shape index (κ1) is 10.5. The highest BCUT2D eigenvalue weighted by Gasteiger charge is 2.39. The van der Waals surface area contributed by atoms with Crippen LogP contribution >= 0.6 is 27.5 Å². The Balaban J connectivity index is 2.04. The minimum absolute atomic E-state index is 0.373. The molecule has 3 heteroatoms. The molecule has 0 atom stereocenters. The fourth-order valence-electron chi connectivity index (χ4n) is 1.50. The van der Waals surface area contributed by atoms with Crippen LogP contribution < -0.4 is 0 Å². The molecule has 0 radical (unpaired) electrons. The Bertz CT molecular complexity index is 347. The van der Waals surface area contributed by atoms with Gasteiger partial charge in [-0.25, -0.2) is 0 Å². The topological polar surface area (TPSA) is 20.2 Å². The molecule has 1 saturated carbocycles. The summed E-state index contributed by atoms with van der Waals surface area (Å²) in [6.45, 7) is 0. The SMILES string of the molecule is OC1(CCc2cc(Cl)ccc2Br)CC1. The molecule has 1 N–H and O–H groups in total. The van der Waals surface area contributed by atoms with Gasteiger partial charge in [-0.2, -0.15) is 0 Å². The summed E-state index contributed by atoms with van der Waals surface area (Å²) in [5.41, 5.74) is 0.805. The Hall–Kier alpha value is -0.0500. The quantitative estimate of drug-likeness (QED) is 0.894. The molecular formula is C11H12BrClO. The maximum absolute atomic E-state index is 9.70. The Morgan fingerprint density at radius 1 is 1.43 bits per heavy atom. The molecule has 1 fully saturated rings. The molecule has 0 aliphatic heterocycles. The van der Waals surface area contributed by atoms with Crippen LogP contribution in [0.4, 0.5) is 0 Å². The molecule has 0 saturated heterocycles. The monoisotopic (exact) mass is 274 g/mol. The largest absolute Gasteiger partial charge is 0.390 e. The van der Waals surface area contributed by atoms with E-state index in [1.54, 1.807) is 0 Å². The summed E-state index contributed by atoms with van der Waals surface area (Å²) >= 11 is 9.38. The summed E-state index contributed by atoms with van der Waals surface area (Å²) < 4.78 is 1.08. The van der Waals surface area contributed by atoms with E-state index in [9.17, 15) is 5.11 Å². The van der Waals surface area contributed by atoms with E-state index >= 15 is 0 Å². The highest BCUT2D eigenvalue weighted by molar-refractivity contribution is 9.10.